The molecule has 0 aliphatic carbocycles. The van der Waals surface area contributed by atoms with Gasteiger partial charge in [0.2, 0.25) is 6.41 Å². The van der Waals surface area contributed by atoms with Crippen LogP contribution in [0.3, 0.4) is 0 Å². The monoisotopic (exact) mass is 538 g/mol. The van der Waals surface area contributed by atoms with Crippen molar-refractivity contribution in [2.45, 2.75) is 49.7 Å². The summed E-state index contributed by atoms with van der Waals surface area (Å²) >= 11 is 0. The van der Waals surface area contributed by atoms with Crippen molar-refractivity contribution in [3.05, 3.63) is 47.2 Å². The number of amides is 1. The Kier molecular flexibility index (Phi) is 6.88. The predicted molar refractivity (Wildman–Crippen MR) is 129 cm³/mol. The molecule has 8 nitrogen and oxygen atoms in total. The van der Waals surface area contributed by atoms with Crippen LogP contribution in [0.5, 0.6) is 5.75 Å². The number of hydrogen-bond donors (Lipinski definition) is 2. The normalized spacial score (nSPS) is 25.1. The minimum atomic E-state index is -4.87. The fourth-order valence-electron chi connectivity index (χ4n) is 5.64. The number of H-pyrrole nitrogens is 1. The van der Waals surface area contributed by atoms with Crippen LogP contribution in [0, 0.1) is 5.82 Å². The smallest absolute Gasteiger partial charge is 0.406 e. The Morgan fingerprint density at radius 1 is 1.24 bits per heavy atom. The van der Waals surface area contributed by atoms with E-state index in [0.29, 0.717) is 48.3 Å². The number of ether oxygens (including phenoxy) is 1. The Morgan fingerprint density at radius 3 is 2.71 bits per heavy atom. The van der Waals surface area contributed by atoms with Gasteiger partial charge in [-0.1, -0.05) is 6.07 Å². The molecule has 5 rings (SSSR count). The van der Waals surface area contributed by atoms with Crippen molar-refractivity contribution in [2.75, 3.05) is 32.4 Å². The third-order valence-electron chi connectivity index (χ3n) is 7.46. The zero-order valence-corrected chi connectivity index (χ0v) is 20.5. The number of imidazole rings is 1. The molecule has 2 aromatic heterocycles. The van der Waals surface area contributed by atoms with E-state index in [-0.39, 0.29) is 36.8 Å². The summed E-state index contributed by atoms with van der Waals surface area (Å²) in [6.07, 6.45) is -3.03. The number of nitrogens with one attached hydrogen (secondary N) is 1. The number of carbonyl (C=O) groups is 1. The number of piperidine rings is 2. The maximum absolute atomic E-state index is 15.3. The second kappa shape index (κ2) is 10.0. The number of likely N-dealkylation sites (tertiary alicyclic amines) is 2. The molecule has 13 heteroatoms. The van der Waals surface area contributed by atoms with Crippen molar-refractivity contribution in [3.63, 3.8) is 0 Å². The number of hydrogen-bond acceptors (Lipinski definition) is 6. The van der Waals surface area contributed by atoms with Gasteiger partial charge in [0, 0.05) is 30.4 Å². The lowest BCUT2D eigenvalue weighted by Crippen LogP contribution is -2.38. The minimum Gasteiger partial charge on any atom is -0.406 e. The van der Waals surface area contributed by atoms with Gasteiger partial charge in [0.1, 0.15) is 23.6 Å². The molecule has 3 N–H and O–H groups in total. The van der Waals surface area contributed by atoms with Gasteiger partial charge >= 0.3 is 6.36 Å². The largest absolute Gasteiger partial charge is 0.573 e. The fourth-order valence-corrected chi connectivity index (χ4v) is 5.64. The highest BCUT2D eigenvalue weighted by Gasteiger charge is 2.36. The molecule has 0 bridgehead atoms. The van der Waals surface area contributed by atoms with E-state index in [1.54, 1.807) is 0 Å². The maximum atomic E-state index is 15.3. The molecule has 0 radical (unpaired) electrons. The molecule has 38 heavy (non-hydrogen) atoms. The van der Waals surface area contributed by atoms with E-state index in [0.717, 1.165) is 18.3 Å². The lowest BCUT2D eigenvalue weighted by molar-refractivity contribution is -0.274. The van der Waals surface area contributed by atoms with Gasteiger partial charge in [-0.05, 0) is 50.4 Å². The number of aromatic amines is 1. The number of carbonyl (C=O) groups excluding carboxylic acids is 1. The summed E-state index contributed by atoms with van der Waals surface area (Å²) in [5.41, 5.74) is 7.52. The van der Waals surface area contributed by atoms with Crippen LogP contribution in [0.15, 0.2) is 24.4 Å². The molecule has 1 amide bonds. The molecule has 3 aromatic rings. The lowest BCUT2D eigenvalue weighted by Gasteiger charge is -2.38. The SMILES string of the molecule is CN1CCC(c2nc3ncc(F)c(C4CCN(C=O)C(c5ccc(OC(F)(F)F)cc5N)C4)c3[nH]2)C(F)C1. The van der Waals surface area contributed by atoms with Crippen LogP contribution >= 0.6 is 0 Å². The average Bonchev–Trinajstić information content (AvgIpc) is 3.26. The van der Waals surface area contributed by atoms with Gasteiger partial charge in [-0.3, -0.25) is 4.79 Å². The first-order chi connectivity index (χ1) is 18.0. The Balaban J connectivity index is 1.47. The lowest BCUT2D eigenvalue weighted by atomic mass is 9.82. The van der Waals surface area contributed by atoms with Crippen LogP contribution in [0.25, 0.3) is 11.2 Å². The van der Waals surface area contributed by atoms with E-state index >= 15 is 4.39 Å². The van der Waals surface area contributed by atoms with Crippen molar-refractivity contribution in [1.29, 1.82) is 0 Å². The number of alkyl halides is 4. The van der Waals surface area contributed by atoms with Crippen LogP contribution < -0.4 is 10.5 Å². The Labute approximate surface area is 215 Å². The molecule has 2 saturated heterocycles. The number of nitrogens with zero attached hydrogens (tertiary/aromatic N) is 4. The maximum Gasteiger partial charge on any atom is 0.573 e. The molecule has 2 aliphatic rings. The third kappa shape index (κ3) is 5.11. The zero-order valence-electron chi connectivity index (χ0n) is 20.5. The molecule has 2 aliphatic heterocycles. The first-order valence-electron chi connectivity index (χ1n) is 12.3. The van der Waals surface area contributed by atoms with Crippen LogP contribution in [-0.2, 0) is 4.79 Å². The minimum absolute atomic E-state index is 0.0182. The average molecular weight is 539 g/mol. The number of halogens is 5. The van der Waals surface area contributed by atoms with Crippen LogP contribution in [0.4, 0.5) is 27.6 Å². The molecular formula is C25H27F5N6O2. The molecule has 4 heterocycles. The molecule has 2 fully saturated rings. The van der Waals surface area contributed by atoms with Crippen molar-refractivity contribution in [3.8, 4) is 5.75 Å². The van der Waals surface area contributed by atoms with E-state index in [4.69, 9.17) is 5.73 Å². The summed E-state index contributed by atoms with van der Waals surface area (Å²) in [5, 5.41) is 0. The highest BCUT2D eigenvalue weighted by molar-refractivity contribution is 5.76. The Morgan fingerprint density at radius 2 is 2.03 bits per heavy atom. The zero-order chi connectivity index (χ0) is 27.2. The first-order valence-corrected chi connectivity index (χ1v) is 12.3. The quantitative estimate of drug-likeness (QED) is 0.284. The van der Waals surface area contributed by atoms with Gasteiger partial charge in [0.25, 0.3) is 0 Å². The highest BCUT2D eigenvalue weighted by Crippen LogP contribution is 2.43. The van der Waals surface area contributed by atoms with E-state index in [1.807, 2.05) is 11.9 Å². The molecule has 0 saturated carbocycles. The van der Waals surface area contributed by atoms with Gasteiger partial charge in [-0.2, -0.15) is 0 Å². The van der Waals surface area contributed by atoms with Crippen molar-refractivity contribution >= 4 is 23.3 Å². The highest BCUT2D eigenvalue weighted by atomic mass is 19.4. The van der Waals surface area contributed by atoms with Gasteiger partial charge in [-0.15, -0.1) is 13.2 Å². The number of rotatable bonds is 5. The van der Waals surface area contributed by atoms with Gasteiger partial charge in [-0.25, -0.2) is 18.7 Å². The molecule has 0 spiro atoms. The molecular weight excluding hydrogens is 511 g/mol. The second-order valence-corrected chi connectivity index (χ2v) is 9.93. The van der Waals surface area contributed by atoms with E-state index in [9.17, 15) is 22.4 Å². The third-order valence-corrected chi connectivity index (χ3v) is 7.46. The summed E-state index contributed by atoms with van der Waals surface area (Å²) in [6.45, 7) is 1.25. The van der Waals surface area contributed by atoms with E-state index < -0.39 is 36.1 Å². The summed E-state index contributed by atoms with van der Waals surface area (Å²) in [5.74, 6) is -1.46. The number of benzene rings is 1. The van der Waals surface area contributed by atoms with Gasteiger partial charge < -0.3 is 25.3 Å². The van der Waals surface area contributed by atoms with Crippen LogP contribution in [0.1, 0.15) is 54.1 Å². The van der Waals surface area contributed by atoms with Gasteiger partial charge in [0.05, 0.1) is 23.7 Å². The number of nitrogen functional groups attached to an aromatic ring is 1. The second-order valence-electron chi connectivity index (χ2n) is 9.93. The molecule has 4 atom stereocenters. The number of aromatic nitrogens is 3. The summed E-state index contributed by atoms with van der Waals surface area (Å²) in [4.78, 5) is 27.0. The first kappa shape index (κ1) is 26.1. The van der Waals surface area contributed by atoms with Crippen molar-refractivity contribution in [1.82, 2.24) is 24.8 Å². The van der Waals surface area contributed by atoms with Crippen molar-refractivity contribution < 1.29 is 31.5 Å². The van der Waals surface area contributed by atoms with Crippen molar-refractivity contribution in [2.24, 2.45) is 0 Å². The van der Waals surface area contributed by atoms with Crippen LogP contribution in [-0.4, -0.2) is 70.4 Å². The number of anilines is 1. The summed E-state index contributed by atoms with van der Waals surface area (Å²) in [7, 11) is 1.85. The Bertz CT molecular complexity index is 1330. The summed E-state index contributed by atoms with van der Waals surface area (Å²) in [6, 6.07) is 2.96. The predicted octanol–water partition coefficient (Wildman–Crippen LogP) is 4.41. The molecule has 204 valence electrons. The molecule has 4 unspecified atom stereocenters. The fraction of sp³-hybridized carbons (Fsp3) is 0.480. The summed E-state index contributed by atoms with van der Waals surface area (Å²) < 4.78 is 71.9. The number of nitrogens with two attached hydrogens (primary N) is 1. The van der Waals surface area contributed by atoms with E-state index in [1.165, 1.54) is 11.0 Å². The topological polar surface area (TPSA) is 100 Å². The number of fused-ring (bicyclic) bond motifs is 1. The Hall–Kier alpha value is -3.48. The van der Waals surface area contributed by atoms with E-state index in [2.05, 4.69) is 19.7 Å². The standard InChI is InChI=1S/C25H27F5N6O2/c1-35-6-5-15(18(27)11-35)23-33-22-21(17(26)10-32-24(22)34-23)13-4-7-36(12-37)20(8-13)16-3-2-14(9-19(16)31)38-25(28,29)30/h2-3,9-10,12-13,15,18,20H,4-8,11,31H2,1H3,(H,32,33,34). The molecule has 1 aromatic carbocycles. The van der Waals surface area contributed by atoms with Gasteiger partial charge in [0.15, 0.2) is 5.65 Å². The van der Waals surface area contributed by atoms with Crippen LogP contribution in [0.2, 0.25) is 0 Å². The number of pyridine rings is 1.